The summed E-state index contributed by atoms with van der Waals surface area (Å²) in [4.78, 5) is 19.4. The molecule has 1 aromatic carbocycles. The normalized spacial score (nSPS) is 13.6. The first-order chi connectivity index (χ1) is 14.6. The fraction of sp³-hybridized carbons (Fsp3) is 0.280. The Morgan fingerprint density at radius 3 is 2.74 bits per heavy atom. The average Bonchev–Trinajstić information content (AvgIpc) is 3.04. The molecule has 1 aliphatic rings. The Balaban J connectivity index is 0.00000231. The summed E-state index contributed by atoms with van der Waals surface area (Å²) in [5, 5.41) is 1.27. The van der Waals surface area contributed by atoms with Gasteiger partial charge in [-0.1, -0.05) is 19.6 Å². The SMILES string of the molecule is C.CN1CCc2c(c3ccc(-n4ccc(OCc5ccccn5)cc4=O)cc3n2C)C1. The lowest BCUT2D eigenvalue weighted by molar-refractivity contribution is 0.300. The minimum Gasteiger partial charge on any atom is -0.487 e. The number of hydrogen-bond donors (Lipinski definition) is 0. The third kappa shape index (κ3) is 3.86. The van der Waals surface area contributed by atoms with Crippen molar-refractivity contribution in [3.63, 3.8) is 0 Å². The fourth-order valence-electron chi connectivity index (χ4n) is 4.25. The third-order valence-corrected chi connectivity index (χ3v) is 5.86. The highest BCUT2D eigenvalue weighted by atomic mass is 16.5. The average molecular weight is 417 g/mol. The van der Waals surface area contributed by atoms with Gasteiger partial charge in [-0.2, -0.15) is 0 Å². The van der Waals surface area contributed by atoms with E-state index in [2.05, 4.69) is 40.7 Å². The number of rotatable bonds is 4. The van der Waals surface area contributed by atoms with Gasteiger partial charge in [-0.15, -0.1) is 0 Å². The second-order valence-electron chi connectivity index (χ2n) is 7.85. The van der Waals surface area contributed by atoms with Crippen molar-refractivity contribution >= 4 is 10.9 Å². The summed E-state index contributed by atoms with van der Waals surface area (Å²) < 4.78 is 9.67. The van der Waals surface area contributed by atoms with Crippen LogP contribution in [0.15, 0.2) is 65.7 Å². The molecule has 0 spiro atoms. The standard InChI is InChI=1S/C24H24N4O2.CH4/c1-26-11-9-22-21(15-26)20-7-6-18(13-23(20)27(22)2)28-12-8-19(14-24(28)29)30-16-17-5-3-4-10-25-17;/h3-8,10,12-14H,9,11,15-16H2,1-2H3;1H4. The van der Waals surface area contributed by atoms with Crippen LogP contribution < -0.4 is 10.3 Å². The number of nitrogens with zero attached hydrogens (tertiary/aromatic N) is 4. The van der Waals surface area contributed by atoms with E-state index in [-0.39, 0.29) is 13.0 Å². The first kappa shape index (κ1) is 20.9. The van der Waals surface area contributed by atoms with Crippen LogP contribution in [0.4, 0.5) is 0 Å². The molecular weight excluding hydrogens is 388 g/mol. The second-order valence-corrected chi connectivity index (χ2v) is 7.85. The van der Waals surface area contributed by atoms with E-state index in [0.29, 0.717) is 12.4 Å². The van der Waals surface area contributed by atoms with Crippen molar-refractivity contribution in [2.75, 3.05) is 13.6 Å². The topological polar surface area (TPSA) is 52.3 Å². The maximum atomic E-state index is 12.8. The second kappa shape index (κ2) is 8.40. The molecule has 0 fully saturated rings. The van der Waals surface area contributed by atoms with Crippen LogP contribution in [0.2, 0.25) is 0 Å². The van der Waals surface area contributed by atoms with E-state index >= 15 is 0 Å². The Bertz CT molecular complexity index is 1270. The zero-order valence-corrected chi connectivity index (χ0v) is 17.2. The molecule has 0 amide bonds. The predicted molar refractivity (Wildman–Crippen MR) is 124 cm³/mol. The summed E-state index contributed by atoms with van der Waals surface area (Å²) >= 11 is 0. The highest BCUT2D eigenvalue weighted by Crippen LogP contribution is 2.31. The van der Waals surface area contributed by atoms with Gasteiger partial charge in [0.05, 0.1) is 16.9 Å². The van der Waals surface area contributed by atoms with Crippen molar-refractivity contribution in [3.8, 4) is 11.4 Å². The zero-order valence-electron chi connectivity index (χ0n) is 17.2. The van der Waals surface area contributed by atoms with Crippen LogP contribution in [-0.2, 0) is 26.6 Å². The minimum absolute atomic E-state index is 0. The summed E-state index contributed by atoms with van der Waals surface area (Å²) in [6.07, 6.45) is 4.55. The Hall–Kier alpha value is -3.38. The van der Waals surface area contributed by atoms with Gasteiger partial charge in [0, 0.05) is 56.1 Å². The molecule has 0 saturated carbocycles. The Morgan fingerprint density at radius 1 is 1.10 bits per heavy atom. The molecule has 5 rings (SSSR count). The molecule has 0 aliphatic carbocycles. The van der Waals surface area contributed by atoms with E-state index in [9.17, 15) is 4.79 Å². The van der Waals surface area contributed by atoms with Crippen LogP contribution in [-0.4, -0.2) is 32.6 Å². The van der Waals surface area contributed by atoms with Gasteiger partial charge in [0.2, 0.25) is 0 Å². The summed E-state index contributed by atoms with van der Waals surface area (Å²) in [5.74, 6) is 0.542. The lowest BCUT2D eigenvalue weighted by Crippen LogP contribution is -2.26. The summed E-state index contributed by atoms with van der Waals surface area (Å²) in [6, 6.07) is 15.3. The highest BCUT2D eigenvalue weighted by molar-refractivity contribution is 5.87. The van der Waals surface area contributed by atoms with Gasteiger partial charge < -0.3 is 14.2 Å². The van der Waals surface area contributed by atoms with E-state index < -0.39 is 0 Å². The first-order valence-corrected chi connectivity index (χ1v) is 10.1. The number of fused-ring (bicyclic) bond motifs is 3. The van der Waals surface area contributed by atoms with E-state index in [1.807, 2.05) is 30.3 Å². The number of ether oxygens (including phenoxy) is 1. The van der Waals surface area contributed by atoms with Crippen LogP contribution in [0, 0.1) is 0 Å². The van der Waals surface area contributed by atoms with Crippen molar-refractivity contribution < 1.29 is 4.74 Å². The van der Waals surface area contributed by atoms with Crippen molar-refractivity contribution in [1.29, 1.82) is 0 Å². The van der Waals surface area contributed by atoms with Gasteiger partial charge in [0.15, 0.2) is 0 Å². The van der Waals surface area contributed by atoms with E-state index in [4.69, 9.17) is 4.74 Å². The quantitative estimate of drug-likeness (QED) is 0.506. The van der Waals surface area contributed by atoms with Crippen LogP contribution in [0.1, 0.15) is 24.4 Å². The molecule has 160 valence electrons. The smallest absolute Gasteiger partial charge is 0.258 e. The molecule has 0 radical (unpaired) electrons. The van der Waals surface area contributed by atoms with Gasteiger partial charge in [-0.25, -0.2) is 0 Å². The van der Waals surface area contributed by atoms with E-state index in [0.717, 1.165) is 36.4 Å². The number of pyridine rings is 2. The molecule has 0 atom stereocenters. The Morgan fingerprint density at radius 2 is 1.97 bits per heavy atom. The molecule has 31 heavy (non-hydrogen) atoms. The lowest BCUT2D eigenvalue weighted by Gasteiger charge is -2.23. The zero-order chi connectivity index (χ0) is 20.7. The molecule has 1 aliphatic heterocycles. The van der Waals surface area contributed by atoms with Crippen molar-refractivity contribution in [2.45, 2.75) is 27.0 Å². The molecule has 6 heteroatoms. The van der Waals surface area contributed by atoms with Crippen LogP contribution >= 0.6 is 0 Å². The van der Waals surface area contributed by atoms with Gasteiger partial charge in [-0.3, -0.25) is 14.3 Å². The molecular formula is C25H28N4O2. The van der Waals surface area contributed by atoms with E-state index in [1.165, 1.54) is 22.7 Å². The van der Waals surface area contributed by atoms with Gasteiger partial charge in [-0.05, 0) is 42.9 Å². The molecule has 0 unspecified atom stereocenters. The first-order valence-electron chi connectivity index (χ1n) is 10.1. The number of likely N-dealkylation sites (N-methyl/N-ethyl adjacent to an activating group) is 1. The van der Waals surface area contributed by atoms with Crippen molar-refractivity contribution in [1.82, 2.24) is 19.0 Å². The largest absolute Gasteiger partial charge is 0.487 e. The van der Waals surface area contributed by atoms with Crippen LogP contribution in [0.25, 0.3) is 16.6 Å². The number of hydrogen-bond acceptors (Lipinski definition) is 4. The Labute approximate surface area is 182 Å². The maximum Gasteiger partial charge on any atom is 0.258 e. The van der Waals surface area contributed by atoms with Crippen LogP contribution in [0.5, 0.6) is 5.75 Å². The summed E-state index contributed by atoms with van der Waals surface area (Å²) in [6.45, 7) is 2.37. The minimum atomic E-state index is -0.119. The van der Waals surface area contributed by atoms with Crippen molar-refractivity contribution in [3.05, 3.63) is 88.2 Å². The van der Waals surface area contributed by atoms with E-state index in [1.54, 1.807) is 17.0 Å². The highest BCUT2D eigenvalue weighted by Gasteiger charge is 2.21. The monoisotopic (exact) mass is 416 g/mol. The Kier molecular flexibility index (Phi) is 5.65. The van der Waals surface area contributed by atoms with Crippen molar-refractivity contribution in [2.24, 2.45) is 7.05 Å². The van der Waals surface area contributed by atoms with Gasteiger partial charge in [0.1, 0.15) is 12.4 Å². The molecule has 4 aromatic rings. The summed E-state index contributed by atoms with van der Waals surface area (Å²) in [7, 11) is 4.28. The molecule has 6 nitrogen and oxygen atoms in total. The van der Waals surface area contributed by atoms with Gasteiger partial charge >= 0.3 is 0 Å². The molecule has 0 saturated heterocycles. The fourth-order valence-corrected chi connectivity index (χ4v) is 4.25. The number of aromatic nitrogens is 3. The molecule has 3 aromatic heterocycles. The third-order valence-electron chi connectivity index (χ3n) is 5.86. The molecule has 0 bridgehead atoms. The number of aryl methyl sites for hydroxylation is 1. The van der Waals surface area contributed by atoms with Crippen LogP contribution in [0.3, 0.4) is 0 Å². The van der Waals surface area contributed by atoms with Gasteiger partial charge in [0.25, 0.3) is 5.56 Å². The molecule has 0 N–H and O–H groups in total. The predicted octanol–water partition coefficient (Wildman–Crippen LogP) is 3.93. The number of benzene rings is 1. The summed E-state index contributed by atoms with van der Waals surface area (Å²) in [5.41, 5.74) is 5.52. The maximum absolute atomic E-state index is 12.8. The molecule has 4 heterocycles. The lowest BCUT2D eigenvalue weighted by atomic mass is 10.0.